The van der Waals surface area contributed by atoms with Gasteiger partial charge in [-0.25, -0.2) is 9.78 Å². The van der Waals surface area contributed by atoms with E-state index in [9.17, 15) is 9.90 Å². The van der Waals surface area contributed by atoms with Gasteiger partial charge in [-0.2, -0.15) is 0 Å². The minimum absolute atomic E-state index is 0.0376. The first-order chi connectivity index (χ1) is 11.5. The highest BCUT2D eigenvalue weighted by Gasteiger charge is 2.17. The summed E-state index contributed by atoms with van der Waals surface area (Å²) in [6.07, 6.45) is 0. The minimum Gasteiger partial charge on any atom is -0.477 e. The van der Waals surface area contributed by atoms with Crippen molar-refractivity contribution >= 4 is 43.7 Å². The van der Waals surface area contributed by atoms with Gasteiger partial charge in [0.2, 0.25) is 0 Å². The average Bonchev–Trinajstić information content (AvgIpc) is 2.92. The Labute approximate surface area is 146 Å². The number of benzene rings is 2. The van der Waals surface area contributed by atoms with E-state index >= 15 is 0 Å². The summed E-state index contributed by atoms with van der Waals surface area (Å²) in [6, 6.07) is 15.4. The Kier molecular flexibility index (Phi) is 3.39. The summed E-state index contributed by atoms with van der Waals surface area (Å²) < 4.78 is 0.871. The quantitative estimate of drug-likeness (QED) is 0.505. The number of aromatic amines is 1. The topological polar surface area (TPSA) is 66.0 Å². The fourth-order valence-electron chi connectivity index (χ4n) is 2.97. The Morgan fingerprint density at radius 1 is 1.12 bits per heavy atom. The highest BCUT2D eigenvalue weighted by atomic mass is 79.9. The van der Waals surface area contributed by atoms with Crippen LogP contribution in [0.25, 0.3) is 33.1 Å². The van der Waals surface area contributed by atoms with Crippen LogP contribution < -0.4 is 0 Å². The fraction of sp³-hybridized carbons (Fsp3) is 0.0526. The Bertz CT molecular complexity index is 1120. The zero-order chi connectivity index (χ0) is 16.8. The van der Waals surface area contributed by atoms with Crippen molar-refractivity contribution in [2.24, 2.45) is 0 Å². The van der Waals surface area contributed by atoms with Crippen LogP contribution in [0.15, 0.2) is 53.0 Å². The number of aromatic nitrogens is 2. The minimum atomic E-state index is -1.03. The first kappa shape index (κ1) is 14.9. The van der Waals surface area contributed by atoms with Gasteiger partial charge in [0, 0.05) is 26.3 Å². The van der Waals surface area contributed by atoms with Crippen LogP contribution in [0.5, 0.6) is 0 Å². The number of halogens is 1. The third-order valence-electron chi connectivity index (χ3n) is 4.09. The molecule has 2 heterocycles. The normalized spacial score (nSPS) is 11.2. The summed E-state index contributed by atoms with van der Waals surface area (Å²) in [6.45, 7) is 2.02. The Morgan fingerprint density at radius 3 is 2.67 bits per heavy atom. The number of aromatic carboxylic acids is 1. The van der Waals surface area contributed by atoms with Crippen LogP contribution in [0.3, 0.4) is 0 Å². The van der Waals surface area contributed by atoms with E-state index in [2.05, 4.69) is 32.0 Å². The molecule has 0 aliphatic rings. The van der Waals surface area contributed by atoms with Crippen molar-refractivity contribution in [3.8, 4) is 11.3 Å². The summed E-state index contributed by atoms with van der Waals surface area (Å²) in [7, 11) is 0. The first-order valence-corrected chi connectivity index (χ1v) is 8.25. The lowest BCUT2D eigenvalue weighted by Crippen LogP contribution is -2.01. The number of fused-ring (bicyclic) bond motifs is 3. The van der Waals surface area contributed by atoms with Gasteiger partial charge in [-0.15, -0.1) is 0 Å². The Balaban J connectivity index is 2.17. The van der Waals surface area contributed by atoms with E-state index in [-0.39, 0.29) is 5.69 Å². The van der Waals surface area contributed by atoms with E-state index in [1.807, 2.05) is 43.3 Å². The van der Waals surface area contributed by atoms with E-state index < -0.39 is 5.97 Å². The van der Waals surface area contributed by atoms with Gasteiger partial charge < -0.3 is 10.1 Å². The van der Waals surface area contributed by atoms with E-state index in [1.54, 1.807) is 6.07 Å². The number of H-pyrrole nitrogens is 1. The molecule has 0 aliphatic carbocycles. The van der Waals surface area contributed by atoms with E-state index in [0.717, 1.165) is 37.4 Å². The van der Waals surface area contributed by atoms with Crippen molar-refractivity contribution in [3.05, 3.63) is 64.3 Å². The summed E-state index contributed by atoms with van der Waals surface area (Å²) in [5, 5.41) is 11.3. The number of hydrogen-bond acceptors (Lipinski definition) is 2. The molecule has 0 aliphatic heterocycles. The molecular weight excluding hydrogens is 368 g/mol. The van der Waals surface area contributed by atoms with Gasteiger partial charge in [0.25, 0.3) is 0 Å². The molecule has 0 saturated carbocycles. The van der Waals surface area contributed by atoms with Crippen molar-refractivity contribution < 1.29 is 9.90 Å². The maximum absolute atomic E-state index is 11.6. The zero-order valence-electron chi connectivity index (χ0n) is 12.8. The fourth-order valence-corrected chi connectivity index (χ4v) is 3.44. The molecule has 0 atom stereocenters. The zero-order valence-corrected chi connectivity index (χ0v) is 14.4. The molecule has 0 unspecified atom stereocenters. The van der Waals surface area contributed by atoms with Gasteiger partial charge in [0.05, 0.1) is 11.2 Å². The van der Waals surface area contributed by atoms with Gasteiger partial charge >= 0.3 is 5.97 Å². The summed E-state index contributed by atoms with van der Waals surface area (Å²) >= 11 is 3.53. The summed E-state index contributed by atoms with van der Waals surface area (Å²) in [5.41, 5.74) is 4.45. The molecule has 5 heteroatoms. The van der Waals surface area contributed by atoms with Gasteiger partial charge in [-0.1, -0.05) is 45.8 Å². The lowest BCUT2D eigenvalue weighted by molar-refractivity contribution is 0.0691. The van der Waals surface area contributed by atoms with Crippen LogP contribution >= 0.6 is 15.9 Å². The van der Waals surface area contributed by atoms with Crippen LogP contribution in [0.1, 0.15) is 16.1 Å². The molecule has 0 saturated heterocycles. The second kappa shape index (κ2) is 5.46. The molecule has 0 fully saturated rings. The maximum Gasteiger partial charge on any atom is 0.354 e. The molecule has 2 aromatic heterocycles. The van der Waals surface area contributed by atoms with Gasteiger partial charge in [-0.3, -0.25) is 0 Å². The summed E-state index contributed by atoms with van der Waals surface area (Å²) in [5.74, 6) is -1.03. The first-order valence-electron chi connectivity index (χ1n) is 7.46. The van der Waals surface area contributed by atoms with Crippen LogP contribution in [-0.4, -0.2) is 21.0 Å². The number of carboxylic acid groups (broad SMARTS) is 1. The van der Waals surface area contributed by atoms with Crippen LogP contribution in [0.4, 0.5) is 0 Å². The van der Waals surface area contributed by atoms with Gasteiger partial charge in [0.1, 0.15) is 5.69 Å². The lowest BCUT2D eigenvalue weighted by Gasteiger charge is -2.07. The number of nitrogens with one attached hydrogen (secondary N) is 1. The Morgan fingerprint density at radius 2 is 1.92 bits per heavy atom. The molecule has 4 aromatic rings. The summed E-state index contributed by atoms with van der Waals surface area (Å²) in [4.78, 5) is 19.3. The van der Waals surface area contributed by atoms with Gasteiger partial charge in [0.15, 0.2) is 0 Å². The number of rotatable bonds is 2. The average molecular weight is 381 g/mol. The molecular formula is C19H13BrN2O2. The highest BCUT2D eigenvalue weighted by molar-refractivity contribution is 9.10. The number of hydrogen-bond donors (Lipinski definition) is 2. The maximum atomic E-state index is 11.6. The van der Waals surface area contributed by atoms with Crippen LogP contribution in [0.2, 0.25) is 0 Å². The molecule has 0 spiro atoms. The molecule has 4 nitrogen and oxygen atoms in total. The second-order valence-electron chi connectivity index (χ2n) is 5.74. The third kappa shape index (κ3) is 2.29. The molecule has 0 amide bonds. The van der Waals surface area contributed by atoms with Crippen molar-refractivity contribution in [3.63, 3.8) is 0 Å². The molecule has 2 aromatic carbocycles. The smallest absolute Gasteiger partial charge is 0.354 e. The van der Waals surface area contributed by atoms with Crippen molar-refractivity contribution in [2.75, 3.05) is 0 Å². The predicted molar refractivity (Wildman–Crippen MR) is 98.4 cm³/mol. The monoisotopic (exact) mass is 380 g/mol. The highest BCUT2D eigenvalue weighted by Crippen LogP contribution is 2.35. The van der Waals surface area contributed by atoms with E-state index in [4.69, 9.17) is 0 Å². The van der Waals surface area contributed by atoms with Crippen LogP contribution in [0, 0.1) is 6.92 Å². The lowest BCUT2D eigenvalue weighted by atomic mass is 10.1. The van der Waals surface area contributed by atoms with Crippen LogP contribution in [-0.2, 0) is 0 Å². The number of pyridine rings is 1. The van der Waals surface area contributed by atoms with Gasteiger partial charge in [-0.05, 0) is 31.2 Å². The van der Waals surface area contributed by atoms with Crippen molar-refractivity contribution in [2.45, 2.75) is 6.92 Å². The SMILES string of the molecule is Cc1ccc2[nH]c3c(-c4ccccc4Br)nc(C(=O)O)cc3c2c1. The number of carboxylic acids is 1. The van der Waals surface area contributed by atoms with E-state index in [1.165, 1.54) is 0 Å². The molecule has 24 heavy (non-hydrogen) atoms. The van der Waals surface area contributed by atoms with E-state index in [0.29, 0.717) is 5.69 Å². The third-order valence-corrected chi connectivity index (χ3v) is 4.78. The Hall–Kier alpha value is -2.66. The molecule has 118 valence electrons. The molecule has 2 N–H and O–H groups in total. The molecule has 4 rings (SSSR count). The van der Waals surface area contributed by atoms with Crippen molar-refractivity contribution in [1.82, 2.24) is 9.97 Å². The second-order valence-corrected chi connectivity index (χ2v) is 6.59. The largest absolute Gasteiger partial charge is 0.477 e. The number of nitrogens with zero attached hydrogens (tertiary/aromatic N) is 1. The molecule has 0 radical (unpaired) electrons. The molecule has 0 bridgehead atoms. The van der Waals surface area contributed by atoms with Crippen molar-refractivity contribution in [1.29, 1.82) is 0 Å². The number of aryl methyl sites for hydroxylation is 1. The number of carbonyl (C=O) groups is 1. The predicted octanol–water partition coefficient (Wildman–Crippen LogP) is 5.15. The standard InChI is InChI=1S/C19H13BrN2O2/c1-10-6-7-15-12(8-10)13-9-16(19(23)24)22-17(18(13)21-15)11-4-2-3-5-14(11)20/h2-9,21H,1H3,(H,23,24).